The summed E-state index contributed by atoms with van der Waals surface area (Å²) in [5.74, 6) is -0.693. The number of amides is 2. The van der Waals surface area contributed by atoms with Gasteiger partial charge in [-0.1, -0.05) is 0 Å². The standard InChI is InChI=1S/C16H19F3N2O3/c1-2-24-14(22)11-4-3-9-21(10-11)15(23)20-13-7-5-12(6-8-13)16(17,18)19/h5-8,11H,2-4,9-10H2,1H3,(H,20,23). The van der Waals surface area contributed by atoms with Crippen LogP contribution < -0.4 is 5.32 Å². The van der Waals surface area contributed by atoms with Crippen molar-refractivity contribution in [3.05, 3.63) is 29.8 Å². The molecule has 0 bridgehead atoms. The number of hydrogen-bond acceptors (Lipinski definition) is 3. The lowest BCUT2D eigenvalue weighted by atomic mass is 9.98. The van der Waals surface area contributed by atoms with Crippen LogP contribution in [0.5, 0.6) is 0 Å². The number of ether oxygens (including phenoxy) is 1. The van der Waals surface area contributed by atoms with E-state index in [1.165, 1.54) is 17.0 Å². The molecule has 132 valence electrons. The largest absolute Gasteiger partial charge is 0.466 e. The maximum absolute atomic E-state index is 12.5. The molecule has 1 atom stereocenters. The van der Waals surface area contributed by atoms with Gasteiger partial charge in [0, 0.05) is 18.8 Å². The number of esters is 1. The molecule has 24 heavy (non-hydrogen) atoms. The maximum Gasteiger partial charge on any atom is 0.416 e. The Labute approximate surface area is 137 Å². The summed E-state index contributed by atoms with van der Waals surface area (Å²) in [5.41, 5.74) is -0.507. The predicted molar refractivity (Wildman–Crippen MR) is 81.4 cm³/mol. The molecule has 2 rings (SSSR count). The Morgan fingerprint density at radius 1 is 1.29 bits per heavy atom. The molecule has 8 heteroatoms. The van der Waals surface area contributed by atoms with E-state index in [4.69, 9.17) is 4.74 Å². The van der Waals surface area contributed by atoms with Crippen molar-refractivity contribution in [2.75, 3.05) is 25.0 Å². The van der Waals surface area contributed by atoms with Crippen molar-refractivity contribution in [1.82, 2.24) is 4.90 Å². The van der Waals surface area contributed by atoms with Crippen LogP contribution in [0, 0.1) is 5.92 Å². The number of urea groups is 1. The van der Waals surface area contributed by atoms with Gasteiger partial charge in [0.05, 0.1) is 18.1 Å². The molecule has 1 saturated heterocycles. The van der Waals surface area contributed by atoms with Gasteiger partial charge in [0.1, 0.15) is 0 Å². The highest BCUT2D eigenvalue weighted by molar-refractivity contribution is 5.89. The lowest BCUT2D eigenvalue weighted by Crippen LogP contribution is -2.44. The molecule has 0 aromatic heterocycles. The zero-order valence-corrected chi connectivity index (χ0v) is 13.2. The Hall–Kier alpha value is -2.25. The maximum atomic E-state index is 12.5. The third kappa shape index (κ3) is 4.62. The van der Waals surface area contributed by atoms with Gasteiger partial charge in [-0.3, -0.25) is 4.79 Å². The van der Waals surface area contributed by atoms with E-state index in [0.29, 0.717) is 19.4 Å². The molecule has 1 unspecified atom stereocenters. The summed E-state index contributed by atoms with van der Waals surface area (Å²) < 4.78 is 42.5. The first-order valence-corrected chi connectivity index (χ1v) is 7.71. The second-order valence-electron chi connectivity index (χ2n) is 5.54. The Kier molecular flexibility index (Phi) is 5.69. The third-order valence-electron chi connectivity index (χ3n) is 3.79. The highest BCUT2D eigenvalue weighted by Gasteiger charge is 2.31. The number of carbonyl (C=O) groups is 2. The fourth-order valence-corrected chi connectivity index (χ4v) is 2.56. The zero-order valence-electron chi connectivity index (χ0n) is 13.2. The summed E-state index contributed by atoms with van der Waals surface area (Å²) in [6.07, 6.45) is -3.09. The van der Waals surface area contributed by atoms with Crippen LogP contribution in [0.1, 0.15) is 25.3 Å². The van der Waals surface area contributed by atoms with E-state index in [-0.39, 0.29) is 30.7 Å². The summed E-state index contributed by atoms with van der Waals surface area (Å²) in [5, 5.41) is 2.55. The van der Waals surface area contributed by atoms with Gasteiger partial charge < -0.3 is 15.0 Å². The van der Waals surface area contributed by atoms with Gasteiger partial charge in [0.25, 0.3) is 0 Å². The number of likely N-dealkylation sites (tertiary alicyclic amines) is 1. The smallest absolute Gasteiger partial charge is 0.416 e. The highest BCUT2D eigenvalue weighted by Crippen LogP contribution is 2.30. The molecule has 1 aliphatic rings. The minimum absolute atomic E-state index is 0.241. The molecule has 1 fully saturated rings. The Morgan fingerprint density at radius 3 is 2.54 bits per heavy atom. The van der Waals surface area contributed by atoms with Crippen molar-refractivity contribution >= 4 is 17.7 Å². The SMILES string of the molecule is CCOC(=O)C1CCCN(C(=O)Nc2ccc(C(F)(F)F)cc2)C1. The predicted octanol–water partition coefficient (Wildman–Crippen LogP) is 3.51. The van der Waals surface area contributed by atoms with Gasteiger partial charge in [0.15, 0.2) is 0 Å². The minimum atomic E-state index is -4.41. The monoisotopic (exact) mass is 344 g/mol. The second-order valence-corrected chi connectivity index (χ2v) is 5.54. The van der Waals surface area contributed by atoms with Crippen LogP contribution in [0.25, 0.3) is 0 Å². The van der Waals surface area contributed by atoms with Gasteiger partial charge >= 0.3 is 18.2 Å². The minimum Gasteiger partial charge on any atom is -0.466 e. The number of carbonyl (C=O) groups excluding carboxylic acids is 2. The molecule has 0 radical (unpaired) electrons. The molecule has 0 saturated carbocycles. The van der Waals surface area contributed by atoms with Crippen LogP contribution in [0.3, 0.4) is 0 Å². The molecule has 0 spiro atoms. The average Bonchev–Trinajstić information content (AvgIpc) is 2.55. The first-order valence-electron chi connectivity index (χ1n) is 7.71. The lowest BCUT2D eigenvalue weighted by molar-refractivity contribution is -0.149. The van der Waals surface area contributed by atoms with E-state index < -0.39 is 17.8 Å². The number of hydrogen-bond donors (Lipinski definition) is 1. The van der Waals surface area contributed by atoms with Gasteiger partial charge in [0.2, 0.25) is 0 Å². The summed E-state index contributed by atoms with van der Waals surface area (Å²) in [4.78, 5) is 25.5. The van der Waals surface area contributed by atoms with Crippen molar-refractivity contribution in [2.24, 2.45) is 5.92 Å². The second kappa shape index (κ2) is 7.55. The molecular formula is C16H19F3N2O3. The number of piperidine rings is 1. The quantitative estimate of drug-likeness (QED) is 0.854. The van der Waals surface area contributed by atoms with Crippen molar-refractivity contribution in [3.63, 3.8) is 0 Å². The molecule has 1 aromatic rings. The molecule has 1 aromatic carbocycles. The number of nitrogens with zero attached hydrogens (tertiary/aromatic N) is 1. The number of alkyl halides is 3. The fraction of sp³-hybridized carbons (Fsp3) is 0.500. The van der Waals surface area contributed by atoms with Crippen LogP contribution in [-0.2, 0) is 15.7 Å². The fourth-order valence-electron chi connectivity index (χ4n) is 2.56. The zero-order chi connectivity index (χ0) is 17.7. The molecule has 1 N–H and O–H groups in total. The summed E-state index contributed by atoms with van der Waals surface area (Å²) in [6, 6.07) is 3.78. The number of anilines is 1. The van der Waals surface area contributed by atoms with E-state index >= 15 is 0 Å². The van der Waals surface area contributed by atoms with E-state index in [0.717, 1.165) is 12.1 Å². The summed E-state index contributed by atoms with van der Waals surface area (Å²) >= 11 is 0. The van der Waals surface area contributed by atoms with Gasteiger partial charge in [-0.2, -0.15) is 13.2 Å². The summed E-state index contributed by atoms with van der Waals surface area (Å²) in [6.45, 7) is 2.73. The summed E-state index contributed by atoms with van der Waals surface area (Å²) in [7, 11) is 0. The van der Waals surface area contributed by atoms with Crippen molar-refractivity contribution in [3.8, 4) is 0 Å². The normalized spacial score (nSPS) is 18.2. The van der Waals surface area contributed by atoms with Crippen molar-refractivity contribution in [1.29, 1.82) is 0 Å². The third-order valence-corrected chi connectivity index (χ3v) is 3.79. The van der Waals surface area contributed by atoms with Crippen LogP contribution in [0.15, 0.2) is 24.3 Å². The molecular weight excluding hydrogens is 325 g/mol. The Balaban J connectivity index is 1.95. The van der Waals surface area contributed by atoms with E-state index in [1.807, 2.05) is 0 Å². The van der Waals surface area contributed by atoms with Crippen LogP contribution in [-0.4, -0.2) is 36.6 Å². The van der Waals surface area contributed by atoms with Crippen molar-refractivity contribution < 1.29 is 27.5 Å². The van der Waals surface area contributed by atoms with E-state index in [2.05, 4.69) is 5.32 Å². The van der Waals surface area contributed by atoms with Gasteiger partial charge in [-0.05, 0) is 44.0 Å². The molecule has 0 aliphatic carbocycles. The average molecular weight is 344 g/mol. The van der Waals surface area contributed by atoms with Crippen LogP contribution in [0.2, 0.25) is 0 Å². The van der Waals surface area contributed by atoms with Crippen LogP contribution >= 0.6 is 0 Å². The lowest BCUT2D eigenvalue weighted by Gasteiger charge is -2.31. The van der Waals surface area contributed by atoms with Gasteiger partial charge in [-0.15, -0.1) is 0 Å². The number of rotatable bonds is 3. The highest BCUT2D eigenvalue weighted by atomic mass is 19.4. The van der Waals surface area contributed by atoms with Gasteiger partial charge in [-0.25, -0.2) is 4.79 Å². The molecule has 1 heterocycles. The number of halogens is 3. The number of nitrogens with one attached hydrogen (secondary N) is 1. The molecule has 5 nitrogen and oxygen atoms in total. The van der Waals surface area contributed by atoms with E-state index in [9.17, 15) is 22.8 Å². The van der Waals surface area contributed by atoms with E-state index in [1.54, 1.807) is 6.92 Å². The van der Waals surface area contributed by atoms with Crippen LogP contribution in [0.4, 0.5) is 23.7 Å². The first kappa shape index (κ1) is 18.1. The van der Waals surface area contributed by atoms with Crippen molar-refractivity contribution in [2.45, 2.75) is 25.9 Å². The number of benzene rings is 1. The molecule has 2 amide bonds. The Bertz CT molecular complexity index is 587. The topological polar surface area (TPSA) is 58.6 Å². The molecule has 1 aliphatic heterocycles. The first-order chi connectivity index (χ1) is 11.3. The Morgan fingerprint density at radius 2 is 1.96 bits per heavy atom.